The molecule has 3 rings (SSSR count). The average Bonchev–Trinajstić information content (AvgIpc) is 2.81. The molecule has 0 spiro atoms. The summed E-state index contributed by atoms with van der Waals surface area (Å²) in [6.07, 6.45) is 2.19. The third-order valence-electron chi connectivity index (χ3n) is 3.48. The quantitative estimate of drug-likeness (QED) is 0.611. The summed E-state index contributed by atoms with van der Waals surface area (Å²) in [6, 6.07) is 8.42. The Morgan fingerprint density at radius 3 is 2.83 bits per heavy atom. The molecule has 2 fully saturated rings. The zero-order valence-electron chi connectivity index (χ0n) is 10.1. The van der Waals surface area contributed by atoms with Crippen LogP contribution in [0.3, 0.4) is 0 Å². The van der Waals surface area contributed by atoms with Crippen molar-refractivity contribution in [1.29, 1.82) is 0 Å². The molecule has 1 N–H and O–H groups in total. The fourth-order valence-electron chi connectivity index (χ4n) is 2.53. The van der Waals surface area contributed by atoms with Gasteiger partial charge in [0.15, 0.2) is 0 Å². The van der Waals surface area contributed by atoms with Gasteiger partial charge in [-0.25, -0.2) is 0 Å². The lowest BCUT2D eigenvalue weighted by Crippen LogP contribution is -2.41. The molecule has 96 valence electrons. The van der Waals surface area contributed by atoms with E-state index in [9.17, 15) is 0 Å². The van der Waals surface area contributed by atoms with Crippen LogP contribution in [0, 0.1) is 5.92 Å². The minimum absolute atomic E-state index is 0.643. The van der Waals surface area contributed by atoms with Crippen LogP contribution >= 0.6 is 33.4 Å². The van der Waals surface area contributed by atoms with E-state index in [1.807, 2.05) is 35.1 Å². The lowest BCUT2D eigenvalue weighted by molar-refractivity contribution is 0.416. The van der Waals surface area contributed by atoms with Crippen molar-refractivity contribution in [3.05, 3.63) is 29.3 Å². The third kappa shape index (κ3) is 2.72. The summed E-state index contributed by atoms with van der Waals surface area (Å²) in [4.78, 5) is 4.78. The second-order valence-electron chi connectivity index (χ2n) is 4.90. The maximum Gasteiger partial charge on any atom is 0.0630 e. The molecule has 3 atom stereocenters. The third-order valence-corrected chi connectivity index (χ3v) is 6.22. The van der Waals surface area contributed by atoms with Crippen LogP contribution in [0.5, 0.6) is 0 Å². The first-order chi connectivity index (χ1) is 8.72. The molecule has 2 aliphatic rings. The van der Waals surface area contributed by atoms with Gasteiger partial charge in [0, 0.05) is 28.4 Å². The van der Waals surface area contributed by atoms with Crippen molar-refractivity contribution < 1.29 is 0 Å². The Morgan fingerprint density at radius 2 is 2.06 bits per heavy atom. The Morgan fingerprint density at radius 1 is 1.28 bits per heavy atom. The highest BCUT2D eigenvalue weighted by Crippen LogP contribution is 2.43. The van der Waals surface area contributed by atoms with Gasteiger partial charge in [0.1, 0.15) is 0 Å². The highest BCUT2D eigenvalue weighted by Gasteiger charge is 2.38. The van der Waals surface area contributed by atoms with Gasteiger partial charge in [-0.2, -0.15) is 0 Å². The van der Waals surface area contributed by atoms with Crippen molar-refractivity contribution in [1.82, 2.24) is 4.72 Å². The van der Waals surface area contributed by atoms with Crippen LogP contribution in [-0.2, 0) is 0 Å². The summed E-state index contributed by atoms with van der Waals surface area (Å²) in [5, 5.41) is 1.44. The van der Waals surface area contributed by atoms with Gasteiger partial charge in [-0.1, -0.05) is 29.3 Å². The predicted molar refractivity (Wildman–Crippen MR) is 82.8 cm³/mol. The second-order valence-corrected chi connectivity index (χ2v) is 7.62. The Bertz CT molecular complexity index is 461. The number of halogens is 1. The molecule has 3 unspecified atom stereocenters. The standard InChI is InChI=1S/C13H15ClN2S2/c1-8-6-11(7-12-13(8)16-18-17-12)15-10-4-2-9(14)3-5-10/h2-5,8,12-13,16H,6-7H2,1H3. The highest BCUT2D eigenvalue weighted by molar-refractivity contribution is 8.76. The largest absolute Gasteiger partial charge is 0.258 e. The molecule has 1 aliphatic carbocycles. The van der Waals surface area contributed by atoms with E-state index < -0.39 is 0 Å². The van der Waals surface area contributed by atoms with Crippen LogP contribution in [0.15, 0.2) is 29.3 Å². The van der Waals surface area contributed by atoms with Crippen LogP contribution in [0.1, 0.15) is 19.8 Å². The molecule has 0 radical (unpaired) electrons. The number of aliphatic imine (C=N–C) groups is 1. The van der Waals surface area contributed by atoms with Crippen molar-refractivity contribution in [2.75, 3.05) is 0 Å². The molecular weight excluding hydrogens is 284 g/mol. The summed E-state index contributed by atoms with van der Waals surface area (Å²) in [7, 11) is 3.74. The van der Waals surface area contributed by atoms with E-state index in [2.05, 4.69) is 11.6 Å². The number of hydrogen-bond donors (Lipinski definition) is 1. The Kier molecular flexibility index (Phi) is 3.89. The maximum atomic E-state index is 5.89. The molecule has 1 saturated carbocycles. The molecule has 1 saturated heterocycles. The number of nitrogens with one attached hydrogen (secondary N) is 1. The van der Waals surface area contributed by atoms with Gasteiger partial charge < -0.3 is 0 Å². The fraction of sp³-hybridized carbons (Fsp3) is 0.462. The van der Waals surface area contributed by atoms with Crippen molar-refractivity contribution in [2.45, 2.75) is 31.1 Å². The van der Waals surface area contributed by atoms with Gasteiger partial charge in [-0.05, 0) is 47.6 Å². The van der Waals surface area contributed by atoms with Gasteiger partial charge >= 0.3 is 0 Å². The zero-order chi connectivity index (χ0) is 12.5. The topological polar surface area (TPSA) is 24.4 Å². The minimum atomic E-state index is 0.643. The lowest BCUT2D eigenvalue weighted by Gasteiger charge is -2.30. The summed E-state index contributed by atoms with van der Waals surface area (Å²) in [5.41, 5.74) is 2.34. The molecule has 1 aromatic carbocycles. The van der Waals surface area contributed by atoms with Crippen molar-refractivity contribution in [3.8, 4) is 0 Å². The minimum Gasteiger partial charge on any atom is -0.258 e. The molecule has 2 nitrogen and oxygen atoms in total. The van der Waals surface area contributed by atoms with E-state index in [0.29, 0.717) is 17.2 Å². The molecular formula is C13H15ClN2S2. The number of rotatable bonds is 1. The van der Waals surface area contributed by atoms with Crippen LogP contribution in [-0.4, -0.2) is 17.0 Å². The highest BCUT2D eigenvalue weighted by atomic mass is 35.5. The molecule has 0 amide bonds. The Hall–Kier alpha value is -0.160. The van der Waals surface area contributed by atoms with E-state index in [-0.39, 0.29) is 0 Å². The van der Waals surface area contributed by atoms with Gasteiger partial charge in [-0.15, -0.1) is 0 Å². The summed E-state index contributed by atoms with van der Waals surface area (Å²) < 4.78 is 3.51. The van der Waals surface area contributed by atoms with E-state index in [1.54, 1.807) is 11.0 Å². The van der Waals surface area contributed by atoms with Gasteiger partial charge in [0.2, 0.25) is 0 Å². The number of hydrogen-bond acceptors (Lipinski definition) is 4. The zero-order valence-corrected chi connectivity index (χ0v) is 12.5. The summed E-state index contributed by atoms with van der Waals surface area (Å²) in [5.74, 6) is 0.664. The van der Waals surface area contributed by atoms with Gasteiger partial charge in [0.25, 0.3) is 0 Å². The lowest BCUT2D eigenvalue weighted by atomic mass is 9.84. The predicted octanol–water partition coefficient (Wildman–Crippen LogP) is 4.48. The van der Waals surface area contributed by atoms with E-state index in [4.69, 9.17) is 16.6 Å². The Balaban J connectivity index is 1.78. The normalized spacial score (nSPS) is 33.7. The summed E-state index contributed by atoms with van der Waals surface area (Å²) >= 11 is 5.89. The first-order valence-electron chi connectivity index (χ1n) is 6.12. The SMILES string of the molecule is CC1CC(=Nc2ccc(Cl)cc2)CC2SSNC12. The molecule has 0 aromatic heterocycles. The second kappa shape index (κ2) is 5.45. The monoisotopic (exact) mass is 298 g/mol. The van der Waals surface area contributed by atoms with E-state index in [1.165, 1.54) is 5.71 Å². The molecule has 5 heteroatoms. The van der Waals surface area contributed by atoms with E-state index >= 15 is 0 Å². The Labute approximate surface area is 121 Å². The fourth-order valence-corrected chi connectivity index (χ4v) is 5.58. The maximum absolute atomic E-state index is 5.89. The molecule has 1 heterocycles. The van der Waals surface area contributed by atoms with E-state index in [0.717, 1.165) is 23.6 Å². The first-order valence-corrected chi connectivity index (χ1v) is 8.71. The average molecular weight is 299 g/mol. The molecule has 1 aromatic rings. The molecule has 1 aliphatic heterocycles. The first kappa shape index (κ1) is 12.9. The van der Waals surface area contributed by atoms with Crippen molar-refractivity contribution in [3.63, 3.8) is 0 Å². The summed E-state index contributed by atoms with van der Waals surface area (Å²) in [6.45, 7) is 2.31. The molecule has 0 bridgehead atoms. The smallest absolute Gasteiger partial charge is 0.0630 e. The number of benzene rings is 1. The van der Waals surface area contributed by atoms with Gasteiger partial charge in [0.05, 0.1) is 5.69 Å². The van der Waals surface area contributed by atoms with Gasteiger partial charge in [-0.3, -0.25) is 9.71 Å². The molecule has 18 heavy (non-hydrogen) atoms. The van der Waals surface area contributed by atoms with Crippen LogP contribution < -0.4 is 4.72 Å². The number of nitrogens with zero attached hydrogens (tertiary/aromatic N) is 1. The van der Waals surface area contributed by atoms with Crippen LogP contribution in [0.4, 0.5) is 5.69 Å². The van der Waals surface area contributed by atoms with Crippen LogP contribution in [0.2, 0.25) is 5.02 Å². The number of fused-ring (bicyclic) bond motifs is 1. The van der Waals surface area contributed by atoms with Crippen LogP contribution in [0.25, 0.3) is 0 Å². The van der Waals surface area contributed by atoms with Crippen molar-refractivity contribution >= 4 is 44.8 Å². The van der Waals surface area contributed by atoms with Crippen molar-refractivity contribution in [2.24, 2.45) is 10.9 Å².